The summed E-state index contributed by atoms with van der Waals surface area (Å²) in [7, 11) is 0. The molecule has 0 radical (unpaired) electrons. The number of hydrogen-bond donors (Lipinski definition) is 1. The predicted molar refractivity (Wildman–Crippen MR) is 98.2 cm³/mol. The third-order valence-corrected chi connectivity index (χ3v) is 4.53. The van der Waals surface area contributed by atoms with Gasteiger partial charge < -0.3 is 10.1 Å². The van der Waals surface area contributed by atoms with Gasteiger partial charge in [-0.2, -0.15) is 0 Å². The van der Waals surface area contributed by atoms with Crippen LogP contribution < -0.4 is 10.1 Å². The molecule has 1 amide bonds. The van der Waals surface area contributed by atoms with Crippen molar-refractivity contribution >= 4 is 52.1 Å². The van der Waals surface area contributed by atoms with Gasteiger partial charge in [0.25, 0.3) is 11.6 Å². The molecule has 6 nitrogen and oxygen atoms in total. The third kappa shape index (κ3) is 4.54. The van der Waals surface area contributed by atoms with Crippen molar-refractivity contribution in [2.24, 2.45) is 0 Å². The van der Waals surface area contributed by atoms with Gasteiger partial charge >= 0.3 is 0 Å². The van der Waals surface area contributed by atoms with Crippen molar-refractivity contribution in [2.45, 2.75) is 13.8 Å². The zero-order chi connectivity index (χ0) is 18.7. The number of benzene rings is 2. The van der Waals surface area contributed by atoms with Crippen LogP contribution in [-0.4, -0.2) is 17.4 Å². The smallest absolute Gasteiger partial charge is 0.293 e. The average Bonchev–Trinajstić information content (AvgIpc) is 2.53. The molecule has 0 aliphatic heterocycles. The summed E-state index contributed by atoms with van der Waals surface area (Å²) in [4.78, 5) is 22.7. The Kier molecular flexibility index (Phi) is 6.11. The third-order valence-electron chi connectivity index (χ3n) is 3.51. The van der Waals surface area contributed by atoms with Gasteiger partial charge in [-0.3, -0.25) is 14.9 Å². The highest BCUT2D eigenvalue weighted by molar-refractivity contribution is 6.43. The van der Waals surface area contributed by atoms with Crippen LogP contribution in [0.15, 0.2) is 24.3 Å². The Morgan fingerprint density at radius 1 is 1.16 bits per heavy atom. The average molecular weight is 404 g/mol. The first-order chi connectivity index (χ1) is 11.7. The van der Waals surface area contributed by atoms with E-state index in [-0.39, 0.29) is 32.2 Å². The fourth-order valence-corrected chi connectivity index (χ4v) is 2.64. The Morgan fingerprint density at radius 2 is 1.80 bits per heavy atom. The maximum atomic E-state index is 12.1. The van der Waals surface area contributed by atoms with Crippen molar-refractivity contribution < 1.29 is 14.5 Å². The molecular formula is C16H13Cl3N2O4. The molecule has 1 N–H and O–H groups in total. The number of ether oxygens (including phenoxy) is 1. The summed E-state index contributed by atoms with van der Waals surface area (Å²) in [6, 6.07) is 5.75. The lowest BCUT2D eigenvalue weighted by atomic mass is 10.1. The Labute approximate surface area is 158 Å². The Hall–Kier alpha value is -2.02. The van der Waals surface area contributed by atoms with Crippen LogP contribution in [0.1, 0.15) is 11.1 Å². The lowest BCUT2D eigenvalue weighted by Gasteiger charge is -2.12. The Morgan fingerprint density at radius 3 is 2.44 bits per heavy atom. The van der Waals surface area contributed by atoms with E-state index >= 15 is 0 Å². The number of aryl methyl sites for hydroxylation is 1. The molecule has 0 fully saturated rings. The van der Waals surface area contributed by atoms with Crippen LogP contribution in [-0.2, 0) is 4.79 Å². The standard InChI is InChI=1S/C16H13Cl3N2O4/c1-8-3-4-13(21(23)24)16(9(8)2)20-15(22)7-25-14-6-11(18)10(17)5-12(14)19/h3-6H,7H2,1-2H3,(H,20,22). The van der Waals surface area contributed by atoms with Crippen molar-refractivity contribution in [3.05, 3.63) is 60.6 Å². The minimum Gasteiger partial charge on any atom is -0.482 e. The van der Waals surface area contributed by atoms with Gasteiger partial charge in [0.05, 0.1) is 20.0 Å². The first-order valence-electron chi connectivity index (χ1n) is 7.02. The van der Waals surface area contributed by atoms with E-state index in [9.17, 15) is 14.9 Å². The van der Waals surface area contributed by atoms with Crippen molar-refractivity contribution in [3.8, 4) is 5.75 Å². The van der Waals surface area contributed by atoms with Gasteiger partial charge in [0.1, 0.15) is 11.4 Å². The van der Waals surface area contributed by atoms with Gasteiger partial charge in [0.15, 0.2) is 6.61 Å². The molecule has 0 atom stereocenters. The molecule has 132 valence electrons. The number of nitro groups is 1. The van der Waals surface area contributed by atoms with E-state index in [0.29, 0.717) is 5.56 Å². The molecule has 0 saturated heterocycles. The maximum absolute atomic E-state index is 12.1. The molecular weight excluding hydrogens is 391 g/mol. The lowest BCUT2D eigenvalue weighted by Crippen LogP contribution is -2.21. The van der Waals surface area contributed by atoms with Gasteiger partial charge in [0.2, 0.25) is 0 Å². The van der Waals surface area contributed by atoms with Crippen LogP contribution in [0.25, 0.3) is 0 Å². The lowest BCUT2D eigenvalue weighted by molar-refractivity contribution is -0.384. The number of nitro benzene ring substituents is 1. The van der Waals surface area contributed by atoms with E-state index in [1.807, 2.05) is 0 Å². The van der Waals surface area contributed by atoms with E-state index in [2.05, 4.69) is 5.32 Å². The van der Waals surface area contributed by atoms with E-state index in [1.54, 1.807) is 19.9 Å². The van der Waals surface area contributed by atoms with Crippen LogP contribution in [0.3, 0.4) is 0 Å². The minimum absolute atomic E-state index is 0.138. The molecule has 0 aliphatic carbocycles. The number of carbonyl (C=O) groups is 1. The largest absolute Gasteiger partial charge is 0.482 e. The number of nitrogens with one attached hydrogen (secondary N) is 1. The summed E-state index contributed by atoms with van der Waals surface area (Å²) < 4.78 is 5.32. The molecule has 0 unspecified atom stereocenters. The number of amides is 1. The summed E-state index contributed by atoms with van der Waals surface area (Å²) >= 11 is 17.7. The molecule has 0 saturated carbocycles. The Bertz CT molecular complexity index is 856. The quantitative estimate of drug-likeness (QED) is 0.423. The summed E-state index contributed by atoms with van der Waals surface area (Å²) in [5.74, 6) is -0.388. The van der Waals surface area contributed by atoms with Crippen molar-refractivity contribution in [3.63, 3.8) is 0 Å². The second kappa shape index (κ2) is 7.91. The number of rotatable bonds is 5. The van der Waals surface area contributed by atoms with Crippen molar-refractivity contribution in [2.75, 3.05) is 11.9 Å². The number of halogens is 3. The van der Waals surface area contributed by atoms with Gasteiger partial charge in [-0.25, -0.2) is 0 Å². The second-order valence-electron chi connectivity index (χ2n) is 5.19. The molecule has 0 heterocycles. The van der Waals surface area contributed by atoms with Crippen molar-refractivity contribution in [1.29, 1.82) is 0 Å². The van der Waals surface area contributed by atoms with Crippen LogP contribution in [0.4, 0.5) is 11.4 Å². The Balaban J connectivity index is 2.15. The van der Waals surface area contributed by atoms with Gasteiger partial charge in [0, 0.05) is 12.1 Å². The van der Waals surface area contributed by atoms with Crippen LogP contribution in [0.2, 0.25) is 15.1 Å². The zero-order valence-electron chi connectivity index (χ0n) is 13.2. The van der Waals surface area contributed by atoms with Gasteiger partial charge in [-0.15, -0.1) is 0 Å². The fourth-order valence-electron chi connectivity index (χ4n) is 2.05. The van der Waals surface area contributed by atoms with Crippen LogP contribution in [0, 0.1) is 24.0 Å². The predicted octanol–water partition coefficient (Wildman–Crippen LogP) is 5.19. The first-order valence-corrected chi connectivity index (χ1v) is 8.16. The second-order valence-corrected chi connectivity index (χ2v) is 6.41. The molecule has 0 spiro atoms. The summed E-state index contributed by atoms with van der Waals surface area (Å²) in [6.45, 7) is 3.08. The highest BCUT2D eigenvalue weighted by Crippen LogP contribution is 2.34. The molecule has 9 heteroatoms. The monoisotopic (exact) mass is 402 g/mol. The summed E-state index contributed by atoms with van der Waals surface area (Å²) in [5.41, 5.74) is 1.37. The molecule has 25 heavy (non-hydrogen) atoms. The molecule has 0 bridgehead atoms. The number of hydrogen-bond acceptors (Lipinski definition) is 4. The highest BCUT2D eigenvalue weighted by Gasteiger charge is 2.20. The maximum Gasteiger partial charge on any atom is 0.293 e. The number of nitrogens with zero attached hydrogens (tertiary/aromatic N) is 1. The minimum atomic E-state index is -0.570. The molecule has 0 aromatic heterocycles. The molecule has 2 aromatic carbocycles. The number of anilines is 1. The van der Waals surface area contributed by atoms with Gasteiger partial charge in [-0.05, 0) is 31.0 Å². The fraction of sp³-hybridized carbons (Fsp3) is 0.188. The van der Waals surface area contributed by atoms with Gasteiger partial charge in [-0.1, -0.05) is 40.9 Å². The molecule has 2 rings (SSSR count). The van der Waals surface area contributed by atoms with E-state index in [4.69, 9.17) is 39.5 Å². The van der Waals surface area contributed by atoms with Crippen LogP contribution >= 0.6 is 34.8 Å². The first kappa shape index (κ1) is 19.3. The molecule has 2 aromatic rings. The van der Waals surface area contributed by atoms with Crippen LogP contribution in [0.5, 0.6) is 5.75 Å². The highest BCUT2D eigenvalue weighted by atomic mass is 35.5. The van der Waals surface area contributed by atoms with Crippen molar-refractivity contribution in [1.82, 2.24) is 0 Å². The molecule has 0 aliphatic rings. The number of carbonyl (C=O) groups excluding carboxylic acids is 1. The van der Waals surface area contributed by atoms with E-state index in [0.717, 1.165) is 5.56 Å². The van der Waals surface area contributed by atoms with E-state index < -0.39 is 17.4 Å². The SMILES string of the molecule is Cc1ccc([N+](=O)[O-])c(NC(=O)COc2cc(Cl)c(Cl)cc2Cl)c1C. The normalized spacial score (nSPS) is 10.4. The summed E-state index contributed by atoms with van der Waals surface area (Å²) in [6.07, 6.45) is 0. The zero-order valence-corrected chi connectivity index (χ0v) is 15.5. The van der Waals surface area contributed by atoms with E-state index in [1.165, 1.54) is 18.2 Å². The topological polar surface area (TPSA) is 81.5 Å². The summed E-state index contributed by atoms with van der Waals surface area (Å²) in [5, 5.41) is 14.3.